The first kappa shape index (κ1) is 14.4. The van der Waals surface area contributed by atoms with Gasteiger partial charge in [0.2, 0.25) is 0 Å². The molecule has 0 unspecified atom stereocenters. The molecule has 0 aliphatic heterocycles. The SMILES string of the molecule is [CH2]CCC(c1ccc(OC)cc1)c1ccc(OC)cc1. The highest BCUT2D eigenvalue weighted by molar-refractivity contribution is 5.38. The molecule has 0 bridgehead atoms. The molecule has 0 saturated heterocycles. The lowest BCUT2D eigenvalue weighted by Gasteiger charge is -2.18. The summed E-state index contributed by atoms with van der Waals surface area (Å²) in [6.07, 6.45) is 1.93. The van der Waals surface area contributed by atoms with Crippen molar-refractivity contribution >= 4 is 0 Å². The van der Waals surface area contributed by atoms with Crippen LogP contribution in [-0.4, -0.2) is 14.2 Å². The molecule has 105 valence electrons. The first-order chi connectivity index (χ1) is 9.78. The van der Waals surface area contributed by atoms with Gasteiger partial charge in [-0.25, -0.2) is 0 Å². The van der Waals surface area contributed by atoms with Gasteiger partial charge < -0.3 is 9.47 Å². The van der Waals surface area contributed by atoms with E-state index in [9.17, 15) is 0 Å². The zero-order valence-electron chi connectivity index (χ0n) is 12.1. The van der Waals surface area contributed by atoms with Gasteiger partial charge in [0.25, 0.3) is 0 Å². The van der Waals surface area contributed by atoms with Crippen LogP contribution >= 0.6 is 0 Å². The molecular formula is C18H21O2. The summed E-state index contributed by atoms with van der Waals surface area (Å²) in [5.41, 5.74) is 2.58. The molecule has 2 heteroatoms. The second-order valence-electron chi connectivity index (χ2n) is 4.74. The summed E-state index contributed by atoms with van der Waals surface area (Å²) in [5.74, 6) is 2.14. The van der Waals surface area contributed by atoms with Crippen molar-refractivity contribution in [1.29, 1.82) is 0 Å². The van der Waals surface area contributed by atoms with Crippen molar-refractivity contribution in [2.24, 2.45) is 0 Å². The fourth-order valence-electron chi connectivity index (χ4n) is 2.40. The van der Waals surface area contributed by atoms with Crippen LogP contribution in [0.1, 0.15) is 29.9 Å². The molecule has 0 N–H and O–H groups in total. The first-order valence-electron chi connectivity index (χ1n) is 6.85. The Morgan fingerprint density at radius 1 is 0.800 bits per heavy atom. The highest BCUT2D eigenvalue weighted by atomic mass is 16.5. The molecular weight excluding hydrogens is 248 g/mol. The van der Waals surface area contributed by atoms with Crippen molar-refractivity contribution in [2.45, 2.75) is 18.8 Å². The molecule has 0 atom stereocenters. The third-order valence-corrected chi connectivity index (χ3v) is 3.53. The van der Waals surface area contributed by atoms with Crippen molar-refractivity contribution in [3.63, 3.8) is 0 Å². The van der Waals surface area contributed by atoms with E-state index in [1.807, 2.05) is 24.3 Å². The Bertz CT molecular complexity index is 467. The van der Waals surface area contributed by atoms with Gasteiger partial charge in [0.1, 0.15) is 11.5 Å². The molecule has 0 aliphatic carbocycles. The van der Waals surface area contributed by atoms with Gasteiger partial charge >= 0.3 is 0 Å². The summed E-state index contributed by atoms with van der Waals surface area (Å²) in [6.45, 7) is 3.99. The summed E-state index contributed by atoms with van der Waals surface area (Å²) < 4.78 is 10.4. The number of hydrogen-bond acceptors (Lipinski definition) is 2. The highest BCUT2D eigenvalue weighted by Crippen LogP contribution is 2.31. The van der Waals surface area contributed by atoms with E-state index >= 15 is 0 Å². The monoisotopic (exact) mass is 269 g/mol. The van der Waals surface area contributed by atoms with E-state index in [1.54, 1.807) is 14.2 Å². The summed E-state index contributed by atoms with van der Waals surface area (Å²) in [5, 5.41) is 0. The average molecular weight is 269 g/mol. The van der Waals surface area contributed by atoms with E-state index in [2.05, 4.69) is 31.2 Å². The Kier molecular flexibility index (Phi) is 5.05. The molecule has 2 aromatic carbocycles. The molecule has 2 nitrogen and oxygen atoms in total. The standard InChI is InChI=1S/C18H21O2/c1-4-5-18(14-6-10-16(19-2)11-7-14)15-8-12-17(20-3)13-9-15/h6-13,18H,1,4-5H2,2-3H3. The van der Waals surface area contributed by atoms with Crippen molar-refractivity contribution in [1.82, 2.24) is 0 Å². The molecule has 2 rings (SSSR count). The third kappa shape index (κ3) is 3.32. The van der Waals surface area contributed by atoms with Gasteiger partial charge in [-0.1, -0.05) is 37.6 Å². The van der Waals surface area contributed by atoms with E-state index < -0.39 is 0 Å². The van der Waals surface area contributed by atoms with Crippen molar-refractivity contribution < 1.29 is 9.47 Å². The summed E-state index contributed by atoms with van der Waals surface area (Å²) in [7, 11) is 3.37. The maximum Gasteiger partial charge on any atom is 0.118 e. The van der Waals surface area contributed by atoms with Crippen molar-refractivity contribution in [3.8, 4) is 11.5 Å². The lowest BCUT2D eigenvalue weighted by Crippen LogP contribution is -2.01. The number of rotatable bonds is 6. The fourth-order valence-corrected chi connectivity index (χ4v) is 2.40. The molecule has 2 aromatic rings. The largest absolute Gasteiger partial charge is 0.497 e. The average Bonchev–Trinajstić information content (AvgIpc) is 2.53. The van der Waals surface area contributed by atoms with E-state index in [0.29, 0.717) is 5.92 Å². The zero-order chi connectivity index (χ0) is 14.4. The molecule has 0 heterocycles. The fraction of sp³-hybridized carbons (Fsp3) is 0.278. The van der Waals surface area contributed by atoms with Crippen LogP contribution in [0, 0.1) is 6.92 Å². The van der Waals surface area contributed by atoms with Gasteiger partial charge in [-0.3, -0.25) is 0 Å². The van der Waals surface area contributed by atoms with Crippen LogP contribution in [0.2, 0.25) is 0 Å². The topological polar surface area (TPSA) is 18.5 Å². The van der Waals surface area contributed by atoms with Crippen LogP contribution < -0.4 is 9.47 Å². The second kappa shape index (κ2) is 6.99. The van der Waals surface area contributed by atoms with Gasteiger partial charge in [-0.2, -0.15) is 0 Å². The summed E-state index contributed by atoms with van der Waals surface area (Å²) in [4.78, 5) is 0. The number of benzene rings is 2. The number of hydrogen-bond donors (Lipinski definition) is 0. The maximum atomic E-state index is 5.22. The van der Waals surface area contributed by atoms with Crippen LogP contribution in [0.5, 0.6) is 11.5 Å². The van der Waals surface area contributed by atoms with Crippen LogP contribution in [0.3, 0.4) is 0 Å². The predicted octanol–water partition coefficient (Wildman–Crippen LogP) is 4.45. The Hall–Kier alpha value is -1.96. The van der Waals surface area contributed by atoms with E-state index in [1.165, 1.54) is 11.1 Å². The molecule has 20 heavy (non-hydrogen) atoms. The Balaban J connectivity index is 2.28. The highest BCUT2D eigenvalue weighted by Gasteiger charge is 2.13. The minimum atomic E-state index is 0.365. The lowest BCUT2D eigenvalue weighted by molar-refractivity contribution is 0.414. The predicted molar refractivity (Wildman–Crippen MR) is 82.4 cm³/mol. The van der Waals surface area contributed by atoms with Crippen LogP contribution in [0.4, 0.5) is 0 Å². The van der Waals surface area contributed by atoms with Gasteiger partial charge in [0.05, 0.1) is 14.2 Å². The Morgan fingerprint density at radius 2 is 1.20 bits per heavy atom. The molecule has 0 spiro atoms. The molecule has 0 saturated carbocycles. The second-order valence-corrected chi connectivity index (χ2v) is 4.74. The van der Waals surface area contributed by atoms with E-state index in [4.69, 9.17) is 9.47 Å². The quantitative estimate of drug-likeness (QED) is 0.771. The minimum Gasteiger partial charge on any atom is -0.497 e. The van der Waals surface area contributed by atoms with Gasteiger partial charge in [-0.05, 0) is 41.8 Å². The molecule has 0 aromatic heterocycles. The van der Waals surface area contributed by atoms with Crippen molar-refractivity contribution in [2.75, 3.05) is 14.2 Å². The number of methoxy groups -OCH3 is 2. The van der Waals surface area contributed by atoms with Gasteiger partial charge in [-0.15, -0.1) is 0 Å². The third-order valence-electron chi connectivity index (χ3n) is 3.53. The normalized spacial score (nSPS) is 10.6. The molecule has 1 radical (unpaired) electrons. The van der Waals surface area contributed by atoms with E-state index in [-0.39, 0.29) is 0 Å². The summed E-state index contributed by atoms with van der Waals surface area (Å²) in [6, 6.07) is 16.5. The van der Waals surface area contributed by atoms with E-state index in [0.717, 1.165) is 24.3 Å². The lowest BCUT2D eigenvalue weighted by atomic mass is 9.87. The first-order valence-corrected chi connectivity index (χ1v) is 6.85. The maximum absolute atomic E-state index is 5.22. The zero-order valence-corrected chi connectivity index (χ0v) is 12.1. The Labute approximate surface area is 121 Å². The minimum absolute atomic E-state index is 0.365. The number of ether oxygens (including phenoxy) is 2. The van der Waals surface area contributed by atoms with Crippen LogP contribution in [0.25, 0.3) is 0 Å². The smallest absolute Gasteiger partial charge is 0.118 e. The molecule has 0 fully saturated rings. The van der Waals surface area contributed by atoms with Gasteiger partial charge in [0, 0.05) is 5.92 Å². The molecule has 0 amide bonds. The van der Waals surface area contributed by atoms with Crippen LogP contribution in [0.15, 0.2) is 48.5 Å². The van der Waals surface area contributed by atoms with Gasteiger partial charge in [0.15, 0.2) is 0 Å². The summed E-state index contributed by atoms with van der Waals surface area (Å²) >= 11 is 0. The van der Waals surface area contributed by atoms with Crippen LogP contribution in [-0.2, 0) is 0 Å². The molecule has 0 aliphatic rings. The Morgan fingerprint density at radius 3 is 1.50 bits per heavy atom. The van der Waals surface area contributed by atoms with Crippen molar-refractivity contribution in [3.05, 3.63) is 66.6 Å².